The van der Waals surface area contributed by atoms with E-state index in [9.17, 15) is 4.79 Å². The van der Waals surface area contributed by atoms with E-state index in [0.717, 1.165) is 18.6 Å². The van der Waals surface area contributed by atoms with Crippen LogP contribution in [0, 0.1) is 0 Å². The van der Waals surface area contributed by atoms with Gasteiger partial charge in [0.1, 0.15) is 11.5 Å². The summed E-state index contributed by atoms with van der Waals surface area (Å²) in [5.74, 6) is 1.72. The van der Waals surface area contributed by atoms with Gasteiger partial charge in [-0.05, 0) is 91.4 Å². The van der Waals surface area contributed by atoms with Crippen LogP contribution in [0.5, 0.6) is 17.2 Å². The number of carbonyl (C=O) groups is 1. The highest BCUT2D eigenvalue weighted by atomic mass is 35.5. The molecular weight excluding hydrogens is 386 g/mol. The Kier molecular flexibility index (Phi) is 5.72. The molecule has 1 amide bonds. The van der Waals surface area contributed by atoms with Crippen LogP contribution in [0.4, 0.5) is 5.69 Å². The number of halogens is 1. The van der Waals surface area contributed by atoms with Gasteiger partial charge in [-0.25, -0.2) is 0 Å². The lowest BCUT2D eigenvalue weighted by molar-refractivity contribution is 0.102. The van der Waals surface area contributed by atoms with E-state index in [2.05, 4.69) is 11.4 Å². The molecule has 148 valence electrons. The van der Waals surface area contributed by atoms with E-state index < -0.39 is 0 Å². The van der Waals surface area contributed by atoms with Crippen LogP contribution in [0.1, 0.15) is 34.3 Å². The van der Waals surface area contributed by atoms with Gasteiger partial charge in [0.05, 0.1) is 12.8 Å². The molecule has 1 aliphatic rings. The Morgan fingerprint density at radius 3 is 2.38 bits per heavy atom. The molecule has 5 heteroatoms. The second-order valence-electron chi connectivity index (χ2n) is 7.06. The first-order valence-electron chi connectivity index (χ1n) is 9.67. The SMILES string of the molecule is COc1ccc(Oc2ccc(Cl)cc2NC(=O)c2ccc3c(c2)CCCC3)cc1. The number of benzene rings is 3. The first-order valence-corrected chi connectivity index (χ1v) is 10.0. The van der Waals surface area contributed by atoms with Crippen molar-refractivity contribution in [2.24, 2.45) is 0 Å². The maximum atomic E-state index is 12.9. The fourth-order valence-electron chi connectivity index (χ4n) is 3.53. The molecule has 0 fully saturated rings. The summed E-state index contributed by atoms with van der Waals surface area (Å²) in [5, 5.41) is 3.47. The van der Waals surface area contributed by atoms with Crippen molar-refractivity contribution in [3.8, 4) is 17.2 Å². The third kappa shape index (κ3) is 4.54. The Bertz CT molecular complexity index is 1030. The predicted octanol–water partition coefficient (Wildman–Crippen LogP) is 6.27. The average molecular weight is 408 g/mol. The van der Waals surface area contributed by atoms with Gasteiger partial charge in [0, 0.05) is 10.6 Å². The minimum absolute atomic E-state index is 0.180. The van der Waals surface area contributed by atoms with Gasteiger partial charge in [-0.15, -0.1) is 0 Å². The molecule has 0 aliphatic heterocycles. The van der Waals surface area contributed by atoms with Crippen molar-refractivity contribution in [3.05, 3.63) is 82.4 Å². The molecule has 1 N–H and O–H groups in total. The summed E-state index contributed by atoms with van der Waals surface area (Å²) in [6.45, 7) is 0. The van der Waals surface area contributed by atoms with Crippen LogP contribution in [0.15, 0.2) is 60.7 Å². The van der Waals surface area contributed by atoms with Gasteiger partial charge in [-0.2, -0.15) is 0 Å². The molecular formula is C24H22ClNO3. The lowest BCUT2D eigenvalue weighted by atomic mass is 9.90. The zero-order valence-corrected chi connectivity index (χ0v) is 17.0. The monoisotopic (exact) mass is 407 g/mol. The van der Waals surface area contributed by atoms with E-state index in [1.54, 1.807) is 25.3 Å². The maximum Gasteiger partial charge on any atom is 0.255 e. The lowest BCUT2D eigenvalue weighted by Crippen LogP contribution is -2.14. The Morgan fingerprint density at radius 2 is 1.62 bits per heavy atom. The standard InChI is InChI=1S/C24H22ClNO3/c1-28-20-9-11-21(12-10-20)29-23-13-8-19(25)15-22(23)26-24(27)18-7-6-16-4-2-3-5-17(16)14-18/h6-15H,2-5H2,1H3,(H,26,27). The number of aryl methyl sites for hydroxylation is 2. The van der Waals surface area contributed by atoms with Gasteiger partial charge < -0.3 is 14.8 Å². The smallest absolute Gasteiger partial charge is 0.255 e. The van der Waals surface area contributed by atoms with Gasteiger partial charge in [0.25, 0.3) is 5.91 Å². The van der Waals surface area contributed by atoms with E-state index in [1.807, 2.05) is 36.4 Å². The van der Waals surface area contributed by atoms with Gasteiger partial charge in [0.2, 0.25) is 0 Å². The van der Waals surface area contributed by atoms with Crippen molar-refractivity contribution >= 4 is 23.2 Å². The number of rotatable bonds is 5. The van der Waals surface area contributed by atoms with Crippen molar-refractivity contribution in [2.45, 2.75) is 25.7 Å². The van der Waals surface area contributed by atoms with Crippen LogP contribution >= 0.6 is 11.6 Å². The van der Waals surface area contributed by atoms with Crippen LogP contribution in [0.25, 0.3) is 0 Å². The summed E-state index contributed by atoms with van der Waals surface area (Å²) in [6, 6.07) is 18.4. The van der Waals surface area contributed by atoms with E-state index >= 15 is 0 Å². The van der Waals surface area contributed by atoms with Crippen molar-refractivity contribution in [3.63, 3.8) is 0 Å². The number of carbonyl (C=O) groups excluding carboxylic acids is 1. The number of amides is 1. The molecule has 0 atom stereocenters. The van der Waals surface area contributed by atoms with Crippen LogP contribution in [-0.2, 0) is 12.8 Å². The Morgan fingerprint density at radius 1 is 0.897 bits per heavy atom. The molecule has 1 aliphatic carbocycles. The number of ether oxygens (including phenoxy) is 2. The minimum atomic E-state index is -0.180. The van der Waals surface area contributed by atoms with Crippen LogP contribution in [0.3, 0.4) is 0 Å². The number of nitrogens with one attached hydrogen (secondary N) is 1. The highest BCUT2D eigenvalue weighted by Gasteiger charge is 2.15. The molecule has 0 saturated carbocycles. The van der Waals surface area contributed by atoms with E-state index in [0.29, 0.717) is 27.8 Å². The zero-order valence-electron chi connectivity index (χ0n) is 16.2. The molecule has 3 aromatic carbocycles. The van der Waals surface area contributed by atoms with Gasteiger partial charge in [-0.1, -0.05) is 17.7 Å². The maximum absolute atomic E-state index is 12.9. The zero-order chi connectivity index (χ0) is 20.2. The molecule has 29 heavy (non-hydrogen) atoms. The molecule has 3 aromatic rings. The van der Waals surface area contributed by atoms with Crippen molar-refractivity contribution in [1.82, 2.24) is 0 Å². The fourth-order valence-corrected chi connectivity index (χ4v) is 3.70. The number of fused-ring (bicyclic) bond motifs is 1. The molecule has 4 rings (SSSR count). The second-order valence-corrected chi connectivity index (χ2v) is 7.50. The predicted molar refractivity (Wildman–Crippen MR) is 116 cm³/mol. The quantitative estimate of drug-likeness (QED) is 0.542. The summed E-state index contributed by atoms with van der Waals surface area (Å²) < 4.78 is 11.1. The lowest BCUT2D eigenvalue weighted by Gasteiger charge is -2.17. The van der Waals surface area contributed by atoms with Crippen molar-refractivity contribution in [2.75, 3.05) is 12.4 Å². The van der Waals surface area contributed by atoms with E-state index in [4.69, 9.17) is 21.1 Å². The normalized spacial score (nSPS) is 12.8. The number of methoxy groups -OCH3 is 1. The number of hydrogen-bond donors (Lipinski definition) is 1. The fraction of sp³-hybridized carbons (Fsp3) is 0.208. The van der Waals surface area contributed by atoms with Crippen LogP contribution in [-0.4, -0.2) is 13.0 Å². The first kappa shape index (κ1) is 19.3. The Labute approximate surface area is 175 Å². The largest absolute Gasteiger partial charge is 0.497 e. The molecule has 0 radical (unpaired) electrons. The Hall–Kier alpha value is -2.98. The molecule has 0 heterocycles. The first-order chi connectivity index (χ1) is 14.1. The molecule has 4 nitrogen and oxygen atoms in total. The van der Waals surface area contributed by atoms with Crippen LogP contribution < -0.4 is 14.8 Å². The molecule has 0 aromatic heterocycles. The second kappa shape index (κ2) is 8.58. The van der Waals surface area contributed by atoms with Crippen molar-refractivity contribution < 1.29 is 14.3 Å². The number of anilines is 1. The highest BCUT2D eigenvalue weighted by Crippen LogP contribution is 2.33. The summed E-state index contributed by atoms with van der Waals surface area (Å²) in [4.78, 5) is 12.9. The third-order valence-electron chi connectivity index (χ3n) is 5.09. The minimum Gasteiger partial charge on any atom is -0.497 e. The number of hydrogen-bond acceptors (Lipinski definition) is 3. The van der Waals surface area contributed by atoms with E-state index in [1.165, 1.54) is 24.0 Å². The summed E-state index contributed by atoms with van der Waals surface area (Å²) >= 11 is 6.16. The topological polar surface area (TPSA) is 47.6 Å². The Balaban J connectivity index is 1.56. The van der Waals surface area contributed by atoms with Crippen molar-refractivity contribution in [1.29, 1.82) is 0 Å². The summed E-state index contributed by atoms with van der Waals surface area (Å²) in [5.41, 5.74) is 3.78. The molecule has 0 bridgehead atoms. The van der Waals surface area contributed by atoms with Crippen LogP contribution in [0.2, 0.25) is 5.02 Å². The third-order valence-corrected chi connectivity index (χ3v) is 5.32. The average Bonchev–Trinajstić information content (AvgIpc) is 2.75. The highest BCUT2D eigenvalue weighted by molar-refractivity contribution is 6.31. The van der Waals surface area contributed by atoms with Gasteiger partial charge in [-0.3, -0.25) is 4.79 Å². The summed E-state index contributed by atoms with van der Waals surface area (Å²) in [7, 11) is 1.61. The van der Waals surface area contributed by atoms with Gasteiger partial charge in [0.15, 0.2) is 5.75 Å². The molecule has 0 unspecified atom stereocenters. The summed E-state index contributed by atoms with van der Waals surface area (Å²) in [6.07, 6.45) is 4.50. The molecule has 0 spiro atoms. The van der Waals surface area contributed by atoms with E-state index in [-0.39, 0.29) is 5.91 Å². The van der Waals surface area contributed by atoms with Gasteiger partial charge >= 0.3 is 0 Å². The molecule has 0 saturated heterocycles.